The van der Waals surface area contributed by atoms with Gasteiger partial charge in [0.2, 0.25) is 0 Å². The summed E-state index contributed by atoms with van der Waals surface area (Å²) in [5.74, 6) is -0.695. The van der Waals surface area contributed by atoms with Gasteiger partial charge in [0.1, 0.15) is 19.0 Å². The number of alkyl halides is 3. The summed E-state index contributed by atoms with van der Waals surface area (Å²) >= 11 is 12.5. The summed E-state index contributed by atoms with van der Waals surface area (Å²) in [5, 5.41) is 7.41. The van der Waals surface area contributed by atoms with Crippen LogP contribution in [0.4, 0.5) is 13.2 Å². The maximum absolute atomic E-state index is 15.5. The van der Waals surface area contributed by atoms with Crippen molar-refractivity contribution in [2.45, 2.75) is 31.5 Å². The summed E-state index contributed by atoms with van der Waals surface area (Å²) in [6.45, 7) is 0.231. The third-order valence-corrected chi connectivity index (χ3v) is 5.50. The van der Waals surface area contributed by atoms with Gasteiger partial charge in [-0.05, 0) is 30.5 Å². The molecule has 0 bridgehead atoms. The number of carbonyl (C=O) groups excluding carboxylic acids is 1. The Morgan fingerprint density at radius 3 is 2.60 bits per heavy atom. The highest BCUT2D eigenvalue weighted by Gasteiger charge is 2.39. The summed E-state index contributed by atoms with van der Waals surface area (Å²) in [7, 11) is 2.81. The van der Waals surface area contributed by atoms with E-state index in [4.69, 9.17) is 23.2 Å². The lowest BCUT2D eigenvalue weighted by atomic mass is 9.99. The van der Waals surface area contributed by atoms with E-state index in [0.29, 0.717) is 18.4 Å². The number of likely N-dealkylation sites (tertiary alicyclic amines) is 1. The molecule has 3 rings (SSSR count). The van der Waals surface area contributed by atoms with Crippen LogP contribution in [0.3, 0.4) is 0 Å². The second-order valence-corrected chi connectivity index (χ2v) is 7.64. The molecule has 2 aromatic rings. The fourth-order valence-corrected chi connectivity index (χ4v) is 4.30. The number of aryl methyl sites for hydroxylation is 1. The van der Waals surface area contributed by atoms with E-state index in [1.54, 1.807) is 0 Å². The number of aromatic nitrogens is 2. The monoisotopic (exact) mass is 462 g/mol. The molecule has 1 amide bonds. The number of benzene rings is 1. The van der Waals surface area contributed by atoms with Crippen LogP contribution in [-0.2, 0) is 11.9 Å². The molecule has 1 aliphatic rings. The van der Waals surface area contributed by atoms with Gasteiger partial charge in [-0.1, -0.05) is 28.4 Å². The quantitative estimate of drug-likeness (QED) is 0.450. The molecule has 30 heavy (non-hydrogen) atoms. The van der Waals surface area contributed by atoms with Crippen molar-refractivity contribution >= 4 is 35.3 Å². The molecular formula is C19H19Cl2F3N4O2. The molecule has 2 atom stereocenters. The molecule has 162 valence electrons. The second-order valence-electron chi connectivity index (χ2n) is 6.83. The number of rotatable bonds is 6. The molecule has 1 saturated heterocycles. The Labute approximate surface area is 181 Å². The Morgan fingerprint density at radius 1 is 1.33 bits per heavy atom. The molecule has 11 heteroatoms. The number of carbonyl (C=O) groups is 1. The van der Waals surface area contributed by atoms with Crippen molar-refractivity contribution in [3.05, 3.63) is 50.8 Å². The molecule has 1 aliphatic heterocycles. The summed E-state index contributed by atoms with van der Waals surface area (Å²) in [6.07, 6.45) is -1.16. The zero-order chi connectivity index (χ0) is 22.0. The molecule has 1 aromatic heterocycles. The molecular weight excluding hydrogens is 444 g/mol. The van der Waals surface area contributed by atoms with Crippen LogP contribution in [0, 0.1) is 0 Å². The largest absolute Gasteiger partial charge is 0.399 e. The molecule has 0 radical (unpaired) electrons. The summed E-state index contributed by atoms with van der Waals surface area (Å²) in [4.78, 5) is 18.8. The van der Waals surface area contributed by atoms with Crippen LogP contribution in [0.1, 0.15) is 52.6 Å². The number of nitrogens with zero attached hydrogens (tertiary/aromatic N) is 4. The maximum atomic E-state index is 15.5. The van der Waals surface area contributed by atoms with Gasteiger partial charge < -0.3 is 9.74 Å². The minimum absolute atomic E-state index is 0.0397. The van der Waals surface area contributed by atoms with Crippen molar-refractivity contribution in [2.75, 3.05) is 13.7 Å². The van der Waals surface area contributed by atoms with E-state index in [1.165, 1.54) is 43.6 Å². The maximum Gasteiger partial charge on any atom is 0.282 e. The number of halogens is 5. The van der Waals surface area contributed by atoms with E-state index < -0.39 is 30.2 Å². The third kappa shape index (κ3) is 4.41. The summed E-state index contributed by atoms with van der Waals surface area (Å²) in [5.41, 5.74) is -0.312. The van der Waals surface area contributed by atoms with Crippen molar-refractivity contribution in [1.82, 2.24) is 14.7 Å². The molecule has 0 N–H and O–H groups in total. The van der Waals surface area contributed by atoms with Gasteiger partial charge in [-0.15, -0.1) is 0 Å². The van der Waals surface area contributed by atoms with Gasteiger partial charge in [0.05, 0.1) is 17.8 Å². The lowest BCUT2D eigenvalue weighted by molar-refractivity contribution is 0.0640. The molecule has 1 fully saturated rings. The Morgan fingerprint density at radius 2 is 2.00 bits per heavy atom. The fourth-order valence-electron chi connectivity index (χ4n) is 3.58. The number of oxime groups is 1. The van der Waals surface area contributed by atoms with Gasteiger partial charge in [0, 0.05) is 35.4 Å². The van der Waals surface area contributed by atoms with E-state index in [2.05, 4.69) is 15.1 Å². The van der Waals surface area contributed by atoms with Crippen LogP contribution < -0.4 is 0 Å². The second kappa shape index (κ2) is 9.26. The van der Waals surface area contributed by atoms with Gasteiger partial charge in [-0.25, -0.2) is 13.2 Å². The average Bonchev–Trinajstić information content (AvgIpc) is 3.32. The number of hydrogen-bond acceptors (Lipinski definition) is 4. The molecule has 2 heterocycles. The smallest absolute Gasteiger partial charge is 0.282 e. The van der Waals surface area contributed by atoms with Crippen LogP contribution in [0.15, 0.2) is 23.5 Å². The SMILES string of the molecule is CO/N=C/c1cc(Cl)c(C(F)C2CCCN2C(=O)c2cn(C)nc2C(F)F)c(Cl)c1. The van der Waals surface area contributed by atoms with Gasteiger partial charge in [-0.2, -0.15) is 5.10 Å². The highest BCUT2D eigenvalue weighted by molar-refractivity contribution is 6.36. The summed E-state index contributed by atoms with van der Waals surface area (Å²) in [6, 6.07) is 2.07. The van der Waals surface area contributed by atoms with Crippen LogP contribution in [0.25, 0.3) is 0 Å². The van der Waals surface area contributed by atoms with E-state index in [1.807, 2.05) is 0 Å². The predicted molar refractivity (Wildman–Crippen MR) is 107 cm³/mol. The Hall–Kier alpha value is -2.26. The lowest BCUT2D eigenvalue weighted by Crippen LogP contribution is -2.38. The van der Waals surface area contributed by atoms with Gasteiger partial charge in [0.15, 0.2) is 0 Å². The minimum Gasteiger partial charge on any atom is -0.399 e. The molecule has 0 spiro atoms. The lowest BCUT2D eigenvalue weighted by Gasteiger charge is -2.28. The zero-order valence-electron chi connectivity index (χ0n) is 16.2. The third-order valence-electron chi connectivity index (χ3n) is 4.88. The Bertz CT molecular complexity index is 944. The first-order valence-corrected chi connectivity index (χ1v) is 9.82. The topological polar surface area (TPSA) is 59.7 Å². The van der Waals surface area contributed by atoms with Gasteiger partial charge >= 0.3 is 0 Å². The predicted octanol–water partition coefficient (Wildman–Crippen LogP) is 4.96. The Kier molecular flexibility index (Phi) is 6.92. The molecule has 2 unspecified atom stereocenters. The summed E-state index contributed by atoms with van der Waals surface area (Å²) < 4.78 is 43.2. The van der Waals surface area contributed by atoms with Crippen LogP contribution in [-0.4, -0.2) is 46.5 Å². The first-order valence-electron chi connectivity index (χ1n) is 9.06. The van der Waals surface area contributed by atoms with Crippen LogP contribution in [0.2, 0.25) is 10.0 Å². The van der Waals surface area contributed by atoms with Crippen molar-refractivity contribution in [2.24, 2.45) is 12.2 Å². The van der Waals surface area contributed by atoms with Crippen molar-refractivity contribution in [3.8, 4) is 0 Å². The Balaban J connectivity index is 1.91. The fraction of sp³-hybridized carbons (Fsp3) is 0.421. The molecule has 1 aromatic carbocycles. The van der Waals surface area contributed by atoms with Crippen molar-refractivity contribution < 1.29 is 22.8 Å². The molecule has 0 saturated carbocycles. The number of hydrogen-bond donors (Lipinski definition) is 0. The highest BCUT2D eigenvalue weighted by Crippen LogP contribution is 2.40. The number of amides is 1. The van der Waals surface area contributed by atoms with Crippen molar-refractivity contribution in [3.63, 3.8) is 0 Å². The first-order chi connectivity index (χ1) is 14.2. The van der Waals surface area contributed by atoms with Crippen LogP contribution >= 0.6 is 23.2 Å². The standard InChI is InChI=1S/C19H19Cl2F3N4O2/c1-27-9-11(17(26-27)18(23)24)19(29)28-5-3-4-14(28)16(22)15-12(20)6-10(7-13(15)21)8-25-30-2/h6-9,14,16,18H,3-5H2,1-2H3/b25-8+. The molecule has 6 nitrogen and oxygen atoms in total. The first kappa shape index (κ1) is 22.4. The average molecular weight is 463 g/mol. The van der Waals surface area contributed by atoms with Crippen LogP contribution in [0.5, 0.6) is 0 Å². The van der Waals surface area contributed by atoms with E-state index in [9.17, 15) is 13.6 Å². The normalized spacial score (nSPS) is 17.9. The minimum atomic E-state index is -2.92. The highest BCUT2D eigenvalue weighted by atomic mass is 35.5. The van der Waals surface area contributed by atoms with E-state index >= 15 is 4.39 Å². The van der Waals surface area contributed by atoms with Crippen molar-refractivity contribution in [1.29, 1.82) is 0 Å². The molecule has 0 aliphatic carbocycles. The van der Waals surface area contributed by atoms with Gasteiger partial charge in [-0.3, -0.25) is 9.48 Å². The van der Waals surface area contributed by atoms with E-state index in [0.717, 1.165) is 4.68 Å². The van der Waals surface area contributed by atoms with E-state index in [-0.39, 0.29) is 27.7 Å². The zero-order valence-corrected chi connectivity index (χ0v) is 17.7. The van der Waals surface area contributed by atoms with Gasteiger partial charge in [0.25, 0.3) is 12.3 Å².